The van der Waals surface area contributed by atoms with Crippen molar-refractivity contribution in [1.82, 2.24) is 10.3 Å². The molecule has 0 aliphatic carbocycles. The molecular weight excluding hydrogens is 235 g/mol. The zero-order valence-electron chi connectivity index (χ0n) is 8.92. The van der Waals surface area contributed by atoms with Crippen LogP contribution in [0.15, 0.2) is 18.3 Å². The first-order chi connectivity index (χ1) is 8.03. The average Bonchev–Trinajstić information content (AvgIpc) is 2.21. The van der Waals surface area contributed by atoms with Crippen molar-refractivity contribution in [2.24, 2.45) is 0 Å². The van der Waals surface area contributed by atoms with Crippen LogP contribution in [-0.2, 0) is 0 Å². The minimum Gasteiger partial charge on any atom is -0.468 e. The van der Waals surface area contributed by atoms with Gasteiger partial charge in [0.25, 0.3) is 0 Å². The molecular formula is C10H12F3N3O. The topological polar surface area (TPSA) is 46.2 Å². The normalized spacial score (nSPS) is 16.4. The number of nitrogens with one attached hydrogen (secondary N) is 2. The number of ether oxygens (including phenoxy) is 1. The fourth-order valence-corrected chi connectivity index (χ4v) is 1.33. The Morgan fingerprint density at radius 2 is 2.18 bits per heavy atom. The van der Waals surface area contributed by atoms with E-state index in [-0.39, 0.29) is 5.88 Å². The summed E-state index contributed by atoms with van der Waals surface area (Å²) in [4.78, 5) is 3.79. The molecule has 0 saturated carbocycles. The lowest BCUT2D eigenvalue weighted by Crippen LogP contribution is -2.51. The molecule has 1 aliphatic rings. The summed E-state index contributed by atoms with van der Waals surface area (Å²) in [6.45, 7) is 0.442. The smallest absolute Gasteiger partial charge is 0.422 e. The summed E-state index contributed by atoms with van der Waals surface area (Å²) in [7, 11) is 0. The van der Waals surface area contributed by atoms with E-state index in [9.17, 15) is 13.2 Å². The SMILES string of the molecule is FC(F)(F)COc1ccc(NC2CNC2)cn1. The molecule has 17 heavy (non-hydrogen) atoms. The number of hydrogen-bond acceptors (Lipinski definition) is 4. The van der Waals surface area contributed by atoms with Crippen molar-refractivity contribution in [1.29, 1.82) is 0 Å². The van der Waals surface area contributed by atoms with E-state index in [1.165, 1.54) is 12.3 Å². The first-order valence-electron chi connectivity index (χ1n) is 5.16. The molecule has 94 valence electrons. The van der Waals surface area contributed by atoms with Gasteiger partial charge in [-0.2, -0.15) is 13.2 Å². The van der Waals surface area contributed by atoms with Gasteiger partial charge in [-0.25, -0.2) is 4.98 Å². The fraction of sp³-hybridized carbons (Fsp3) is 0.500. The van der Waals surface area contributed by atoms with E-state index in [4.69, 9.17) is 0 Å². The molecule has 0 spiro atoms. The first-order valence-corrected chi connectivity index (χ1v) is 5.16. The summed E-state index contributed by atoms with van der Waals surface area (Å²) in [6.07, 6.45) is -2.87. The molecule has 0 atom stereocenters. The van der Waals surface area contributed by atoms with Gasteiger partial charge >= 0.3 is 6.18 Å². The molecule has 0 radical (unpaired) electrons. The minimum atomic E-state index is -4.34. The van der Waals surface area contributed by atoms with Crippen LogP contribution in [0, 0.1) is 0 Å². The fourth-order valence-electron chi connectivity index (χ4n) is 1.33. The van der Waals surface area contributed by atoms with E-state index in [1.54, 1.807) is 6.07 Å². The zero-order chi connectivity index (χ0) is 12.3. The van der Waals surface area contributed by atoms with Gasteiger partial charge in [0.15, 0.2) is 6.61 Å². The van der Waals surface area contributed by atoms with Crippen molar-refractivity contribution >= 4 is 5.69 Å². The van der Waals surface area contributed by atoms with E-state index >= 15 is 0 Å². The highest BCUT2D eigenvalue weighted by Gasteiger charge is 2.28. The van der Waals surface area contributed by atoms with Crippen molar-refractivity contribution in [3.63, 3.8) is 0 Å². The van der Waals surface area contributed by atoms with Gasteiger partial charge in [-0.05, 0) is 6.07 Å². The second-order valence-electron chi connectivity index (χ2n) is 3.79. The third-order valence-corrected chi connectivity index (χ3v) is 2.27. The Bertz CT molecular complexity index is 362. The highest BCUT2D eigenvalue weighted by molar-refractivity contribution is 5.43. The van der Waals surface area contributed by atoms with Crippen LogP contribution in [0.4, 0.5) is 18.9 Å². The summed E-state index contributed by atoms with van der Waals surface area (Å²) in [6, 6.07) is 3.43. The molecule has 7 heteroatoms. The summed E-state index contributed by atoms with van der Waals surface area (Å²) < 4.78 is 40.1. The zero-order valence-corrected chi connectivity index (χ0v) is 8.92. The van der Waals surface area contributed by atoms with Crippen LogP contribution in [0.25, 0.3) is 0 Å². The molecule has 4 nitrogen and oxygen atoms in total. The number of hydrogen-bond donors (Lipinski definition) is 2. The molecule has 0 amide bonds. The Morgan fingerprint density at radius 3 is 2.65 bits per heavy atom. The Hall–Kier alpha value is -1.50. The molecule has 0 bridgehead atoms. The number of nitrogens with zero attached hydrogens (tertiary/aromatic N) is 1. The number of aromatic nitrogens is 1. The molecule has 0 unspecified atom stereocenters. The van der Waals surface area contributed by atoms with Gasteiger partial charge in [-0.1, -0.05) is 0 Å². The van der Waals surface area contributed by atoms with Crippen molar-refractivity contribution in [3.05, 3.63) is 18.3 Å². The molecule has 1 aliphatic heterocycles. The summed E-state index contributed by atoms with van der Waals surface area (Å²) >= 11 is 0. The lowest BCUT2D eigenvalue weighted by molar-refractivity contribution is -0.154. The highest BCUT2D eigenvalue weighted by atomic mass is 19.4. The molecule has 1 aromatic rings. The Labute approximate surface area is 96.2 Å². The average molecular weight is 247 g/mol. The predicted octanol–water partition coefficient (Wildman–Crippen LogP) is 1.41. The third-order valence-electron chi connectivity index (χ3n) is 2.27. The summed E-state index contributed by atoms with van der Waals surface area (Å²) in [5.41, 5.74) is 0.774. The Morgan fingerprint density at radius 1 is 1.41 bits per heavy atom. The van der Waals surface area contributed by atoms with Crippen LogP contribution in [0.1, 0.15) is 0 Å². The maximum Gasteiger partial charge on any atom is 0.422 e. The van der Waals surface area contributed by atoms with Crippen molar-refractivity contribution in [2.75, 3.05) is 25.0 Å². The van der Waals surface area contributed by atoms with Gasteiger partial charge in [0.1, 0.15) is 0 Å². The van der Waals surface area contributed by atoms with Crippen molar-refractivity contribution < 1.29 is 17.9 Å². The Balaban J connectivity index is 1.84. The van der Waals surface area contributed by atoms with Gasteiger partial charge in [-0.3, -0.25) is 0 Å². The second-order valence-corrected chi connectivity index (χ2v) is 3.79. The number of alkyl halides is 3. The number of halogens is 3. The minimum absolute atomic E-state index is 0.0281. The quantitative estimate of drug-likeness (QED) is 0.844. The lowest BCUT2D eigenvalue weighted by Gasteiger charge is -2.28. The van der Waals surface area contributed by atoms with Gasteiger partial charge < -0.3 is 15.4 Å². The van der Waals surface area contributed by atoms with E-state index in [0.29, 0.717) is 6.04 Å². The molecule has 1 saturated heterocycles. The van der Waals surface area contributed by atoms with E-state index in [0.717, 1.165) is 18.8 Å². The van der Waals surface area contributed by atoms with Crippen molar-refractivity contribution in [2.45, 2.75) is 12.2 Å². The van der Waals surface area contributed by atoms with Gasteiger partial charge in [0.05, 0.1) is 17.9 Å². The van der Waals surface area contributed by atoms with Gasteiger partial charge in [-0.15, -0.1) is 0 Å². The highest BCUT2D eigenvalue weighted by Crippen LogP contribution is 2.18. The molecule has 2 heterocycles. The van der Waals surface area contributed by atoms with Gasteiger partial charge in [0, 0.05) is 19.2 Å². The van der Waals surface area contributed by atoms with E-state index in [2.05, 4.69) is 20.4 Å². The van der Waals surface area contributed by atoms with Crippen LogP contribution >= 0.6 is 0 Å². The molecule has 2 rings (SSSR count). The monoisotopic (exact) mass is 247 g/mol. The molecule has 1 fully saturated rings. The molecule has 0 aromatic carbocycles. The van der Waals surface area contributed by atoms with E-state index < -0.39 is 12.8 Å². The lowest BCUT2D eigenvalue weighted by atomic mass is 10.2. The maximum absolute atomic E-state index is 11.9. The molecule has 2 N–H and O–H groups in total. The predicted molar refractivity (Wildman–Crippen MR) is 56.1 cm³/mol. The second kappa shape index (κ2) is 4.79. The summed E-state index contributed by atoms with van der Waals surface area (Å²) in [5, 5.41) is 6.27. The largest absolute Gasteiger partial charge is 0.468 e. The Kier molecular flexibility index (Phi) is 3.37. The number of rotatable bonds is 4. The van der Waals surface area contributed by atoms with Crippen LogP contribution in [0.2, 0.25) is 0 Å². The maximum atomic E-state index is 11.9. The van der Waals surface area contributed by atoms with Crippen LogP contribution in [0.5, 0.6) is 5.88 Å². The number of pyridine rings is 1. The first kappa shape index (κ1) is 12.0. The molecule has 1 aromatic heterocycles. The van der Waals surface area contributed by atoms with Crippen LogP contribution < -0.4 is 15.4 Å². The summed E-state index contributed by atoms with van der Waals surface area (Å²) in [5.74, 6) is -0.0281. The van der Waals surface area contributed by atoms with Gasteiger partial charge in [0.2, 0.25) is 5.88 Å². The standard InChI is InChI=1S/C10H12F3N3O/c11-10(12,13)6-17-9-2-1-7(5-15-9)16-8-3-14-4-8/h1-2,5,8,14,16H,3-4,6H2. The van der Waals surface area contributed by atoms with Crippen molar-refractivity contribution in [3.8, 4) is 5.88 Å². The van der Waals surface area contributed by atoms with Crippen LogP contribution in [0.3, 0.4) is 0 Å². The van der Waals surface area contributed by atoms with E-state index in [1.807, 2.05) is 0 Å². The number of anilines is 1. The van der Waals surface area contributed by atoms with Crippen LogP contribution in [-0.4, -0.2) is 36.9 Å². The third kappa shape index (κ3) is 3.77.